The second-order valence-corrected chi connectivity index (χ2v) is 5.43. The first-order chi connectivity index (χ1) is 12.0. The highest BCUT2D eigenvalue weighted by Crippen LogP contribution is 2.18. The topological polar surface area (TPSA) is 93.1 Å². The molecule has 128 valence electrons. The molecule has 3 rings (SSSR count). The number of nitrogens with zero attached hydrogens (tertiary/aromatic N) is 1. The van der Waals surface area contributed by atoms with E-state index in [1.165, 1.54) is 24.3 Å². The van der Waals surface area contributed by atoms with Gasteiger partial charge in [-0.1, -0.05) is 18.2 Å². The highest BCUT2D eigenvalue weighted by Gasteiger charge is 2.36. The van der Waals surface area contributed by atoms with Crippen LogP contribution in [0.3, 0.4) is 0 Å². The molecule has 2 aromatic rings. The zero-order chi connectivity index (χ0) is 17.8. The van der Waals surface area contributed by atoms with Gasteiger partial charge in [-0.05, 0) is 36.4 Å². The summed E-state index contributed by atoms with van der Waals surface area (Å²) < 4.78 is 10.6. The van der Waals surface area contributed by atoms with Crippen LogP contribution in [0.15, 0.2) is 54.6 Å². The van der Waals surface area contributed by atoms with Crippen molar-refractivity contribution in [3.8, 4) is 5.75 Å². The van der Waals surface area contributed by atoms with E-state index >= 15 is 0 Å². The van der Waals surface area contributed by atoms with Gasteiger partial charge in [0.05, 0.1) is 12.1 Å². The number of hydrogen-bond acceptors (Lipinski definition) is 5. The van der Waals surface area contributed by atoms with E-state index in [1.54, 1.807) is 30.3 Å². The van der Waals surface area contributed by atoms with Crippen LogP contribution >= 0.6 is 0 Å². The first-order valence-corrected chi connectivity index (χ1v) is 7.58. The zero-order valence-electron chi connectivity index (χ0n) is 13.1. The maximum atomic E-state index is 12.3. The lowest BCUT2D eigenvalue weighted by atomic mass is 10.2. The van der Waals surface area contributed by atoms with Crippen LogP contribution in [0.1, 0.15) is 20.7 Å². The van der Waals surface area contributed by atoms with Gasteiger partial charge in [0.1, 0.15) is 12.4 Å². The minimum absolute atomic E-state index is 0.0662. The van der Waals surface area contributed by atoms with Gasteiger partial charge >= 0.3 is 12.1 Å². The van der Waals surface area contributed by atoms with Crippen LogP contribution in [-0.2, 0) is 4.74 Å². The highest BCUT2D eigenvalue weighted by molar-refractivity contribution is 6.03. The minimum Gasteiger partial charge on any atom is -0.490 e. The molecule has 1 aliphatic heterocycles. The number of imide groups is 1. The lowest BCUT2D eigenvalue weighted by Gasteiger charge is -2.12. The molecule has 1 heterocycles. The van der Waals surface area contributed by atoms with Crippen molar-refractivity contribution >= 4 is 18.0 Å². The molecule has 0 aliphatic carbocycles. The first-order valence-electron chi connectivity index (χ1n) is 7.58. The van der Waals surface area contributed by atoms with Crippen LogP contribution in [0.5, 0.6) is 5.75 Å². The van der Waals surface area contributed by atoms with E-state index in [1.807, 2.05) is 0 Å². The van der Waals surface area contributed by atoms with E-state index in [-0.39, 0.29) is 18.7 Å². The quantitative estimate of drug-likeness (QED) is 0.898. The summed E-state index contributed by atoms with van der Waals surface area (Å²) in [6.45, 7) is 0.163. The Labute approximate surface area is 143 Å². The summed E-state index contributed by atoms with van der Waals surface area (Å²) in [5.74, 6) is -0.987. The van der Waals surface area contributed by atoms with Gasteiger partial charge in [0, 0.05) is 5.56 Å². The van der Waals surface area contributed by atoms with Gasteiger partial charge < -0.3 is 14.6 Å². The number of cyclic esters (lactones) is 1. The maximum absolute atomic E-state index is 12.3. The fraction of sp³-hybridized carbons (Fsp3) is 0.167. The molecular formula is C18H15NO6. The minimum atomic E-state index is -1.02. The van der Waals surface area contributed by atoms with Crippen molar-refractivity contribution in [2.24, 2.45) is 0 Å². The average molecular weight is 341 g/mol. The van der Waals surface area contributed by atoms with Crippen LogP contribution in [0, 0.1) is 0 Å². The van der Waals surface area contributed by atoms with E-state index < -0.39 is 24.1 Å². The Bertz CT molecular complexity index is 787. The number of hydrogen-bond donors (Lipinski definition) is 1. The number of rotatable bonds is 5. The van der Waals surface area contributed by atoms with Crippen LogP contribution in [-0.4, -0.2) is 47.2 Å². The van der Waals surface area contributed by atoms with Crippen LogP contribution in [0.4, 0.5) is 4.79 Å². The van der Waals surface area contributed by atoms with E-state index in [2.05, 4.69) is 0 Å². The molecule has 0 aromatic heterocycles. The second-order valence-electron chi connectivity index (χ2n) is 5.43. The fourth-order valence-corrected chi connectivity index (χ4v) is 2.39. The van der Waals surface area contributed by atoms with Gasteiger partial charge in [0.15, 0.2) is 6.10 Å². The predicted molar refractivity (Wildman–Crippen MR) is 86.6 cm³/mol. The molecular weight excluding hydrogens is 326 g/mol. The number of carbonyl (C=O) groups is 3. The van der Waals surface area contributed by atoms with Crippen LogP contribution < -0.4 is 4.74 Å². The first kappa shape index (κ1) is 16.5. The Hall–Kier alpha value is -3.35. The van der Waals surface area contributed by atoms with Crippen molar-refractivity contribution in [1.82, 2.24) is 4.90 Å². The van der Waals surface area contributed by atoms with Crippen molar-refractivity contribution in [2.45, 2.75) is 6.10 Å². The SMILES string of the molecule is O=C(O)c1ccc(OCC2CN(C(=O)c3ccccc3)C(=O)O2)cc1. The van der Waals surface area contributed by atoms with Gasteiger partial charge in [0.2, 0.25) is 0 Å². The van der Waals surface area contributed by atoms with Crippen molar-refractivity contribution in [2.75, 3.05) is 13.2 Å². The van der Waals surface area contributed by atoms with E-state index in [0.717, 1.165) is 4.90 Å². The molecule has 1 aliphatic rings. The largest absolute Gasteiger partial charge is 0.490 e. The summed E-state index contributed by atoms with van der Waals surface area (Å²) in [7, 11) is 0. The van der Waals surface area contributed by atoms with Gasteiger partial charge in [-0.2, -0.15) is 0 Å². The average Bonchev–Trinajstić information content (AvgIpc) is 3.01. The van der Waals surface area contributed by atoms with Crippen LogP contribution in [0.25, 0.3) is 0 Å². The maximum Gasteiger partial charge on any atom is 0.417 e. The molecule has 0 radical (unpaired) electrons. The third-order valence-electron chi connectivity index (χ3n) is 3.68. The third-order valence-corrected chi connectivity index (χ3v) is 3.68. The molecule has 0 bridgehead atoms. The number of carboxylic acid groups (broad SMARTS) is 1. The smallest absolute Gasteiger partial charge is 0.417 e. The number of benzene rings is 2. The Morgan fingerprint density at radius 2 is 1.76 bits per heavy atom. The molecule has 7 nitrogen and oxygen atoms in total. The van der Waals surface area contributed by atoms with Gasteiger partial charge in [-0.3, -0.25) is 4.79 Å². The number of carbonyl (C=O) groups excluding carboxylic acids is 2. The number of aromatic carboxylic acids is 1. The molecule has 0 saturated carbocycles. The molecule has 25 heavy (non-hydrogen) atoms. The molecule has 2 amide bonds. The van der Waals surface area contributed by atoms with Crippen LogP contribution in [0.2, 0.25) is 0 Å². The summed E-state index contributed by atoms with van der Waals surface area (Å²) in [5.41, 5.74) is 0.560. The number of carboxylic acids is 1. The summed E-state index contributed by atoms with van der Waals surface area (Å²) in [4.78, 5) is 36.0. The Morgan fingerprint density at radius 1 is 1.08 bits per heavy atom. The van der Waals surface area contributed by atoms with Gasteiger partial charge in [0.25, 0.3) is 5.91 Å². The normalized spacial score (nSPS) is 16.4. The lowest BCUT2D eigenvalue weighted by molar-refractivity contribution is 0.0695. The molecule has 7 heteroatoms. The standard InChI is InChI=1S/C18H15NO6/c20-16(12-4-2-1-3-5-12)19-10-15(25-18(19)23)11-24-14-8-6-13(7-9-14)17(21)22/h1-9,15H,10-11H2,(H,21,22). The molecule has 1 saturated heterocycles. The summed E-state index contributed by atoms with van der Waals surface area (Å²) in [5, 5.41) is 8.85. The Balaban J connectivity index is 1.57. The third kappa shape index (κ3) is 3.77. The molecule has 2 aromatic carbocycles. The summed E-state index contributed by atoms with van der Waals surface area (Å²) >= 11 is 0. The van der Waals surface area contributed by atoms with E-state index in [0.29, 0.717) is 11.3 Å². The Kier molecular flexibility index (Phi) is 4.65. The Morgan fingerprint density at radius 3 is 2.40 bits per heavy atom. The zero-order valence-corrected chi connectivity index (χ0v) is 13.1. The fourth-order valence-electron chi connectivity index (χ4n) is 2.39. The van der Waals surface area contributed by atoms with Crippen molar-refractivity contribution in [3.63, 3.8) is 0 Å². The molecule has 1 fully saturated rings. The second kappa shape index (κ2) is 7.04. The molecule has 1 atom stereocenters. The van der Waals surface area contributed by atoms with Gasteiger partial charge in [-0.15, -0.1) is 0 Å². The molecule has 1 unspecified atom stereocenters. The van der Waals surface area contributed by atoms with Crippen molar-refractivity contribution in [1.29, 1.82) is 0 Å². The van der Waals surface area contributed by atoms with E-state index in [4.69, 9.17) is 14.6 Å². The van der Waals surface area contributed by atoms with Gasteiger partial charge in [-0.25, -0.2) is 14.5 Å². The number of ether oxygens (including phenoxy) is 2. The molecule has 0 spiro atoms. The number of amides is 2. The van der Waals surface area contributed by atoms with E-state index in [9.17, 15) is 14.4 Å². The monoisotopic (exact) mass is 341 g/mol. The van der Waals surface area contributed by atoms with Crippen molar-refractivity contribution < 1.29 is 29.0 Å². The predicted octanol–water partition coefficient (Wildman–Crippen LogP) is 2.42. The lowest BCUT2D eigenvalue weighted by Crippen LogP contribution is -2.33. The highest BCUT2D eigenvalue weighted by atomic mass is 16.6. The summed E-state index contributed by atoms with van der Waals surface area (Å²) in [6, 6.07) is 14.4. The van der Waals surface area contributed by atoms with Crippen molar-refractivity contribution in [3.05, 3.63) is 65.7 Å². The molecule has 1 N–H and O–H groups in total. The summed E-state index contributed by atoms with van der Waals surface area (Å²) in [6.07, 6.45) is -1.29.